The van der Waals surface area contributed by atoms with Gasteiger partial charge in [-0.15, -0.1) is 11.3 Å². The predicted molar refractivity (Wildman–Crippen MR) is 63.1 cm³/mol. The molecule has 0 aliphatic heterocycles. The minimum absolute atomic E-state index is 0.205. The molecule has 1 saturated carbocycles. The minimum Gasteiger partial charge on any atom is -0.481 e. The van der Waals surface area contributed by atoms with Crippen LogP contribution in [0.1, 0.15) is 34.6 Å². The lowest BCUT2D eigenvalue weighted by Gasteiger charge is -2.17. The van der Waals surface area contributed by atoms with Gasteiger partial charge >= 0.3 is 5.97 Å². The van der Waals surface area contributed by atoms with Gasteiger partial charge in [-0.05, 0) is 19.8 Å². The van der Waals surface area contributed by atoms with Gasteiger partial charge in [-0.1, -0.05) is 6.42 Å². The number of hydrogen-bond acceptors (Lipinski definition) is 4. The van der Waals surface area contributed by atoms with Crippen molar-refractivity contribution < 1.29 is 14.7 Å². The summed E-state index contributed by atoms with van der Waals surface area (Å²) < 4.78 is 0. The van der Waals surface area contributed by atoms with E-state index in [1.807, 2.05) is 0 Å². The number of carbonyl (C=O) groups excluding carboxylic acids is 1. The molecule has 0 bridgehead atoms. The normalized spacial score (nSPS) is 23.6. The highest BCUT2D eigenvalue weighted by molar-refractivity contribution is 7.11. The largest absolute Gasteiger partial charge is 0.481 e. The molecule has 0 unspecified atom stereocenters. The number of aryl methyl sites for hydroxylation is 1. The Balaban J connectivity index is 2.04. The number of carboxylic acids is 1. The van der Waals surface area contributed by atoms with Gasteiger partial charge in [-0.2, -0.15) is 0 Å². The number of aliphatic carboxylic acids is 1. The summed E-state index contributed by atoms with van der Waals surface area (Å²) in [5.41, 5.74) is 2.31. The molecule has 0 radical (unpaired) electrons. The summed E-state index contributed by atoms with van der Waals surface area (Å²) in [6, 6.07) is -0.249. The van der Waals surface area contributed by atoms with E-state index < -0.39 is 11.9 Å². The van der Waals surface area contributed by atoms with Gasteiger partial charge in [0.05, 0.1) is 17.1 Å². The summed E-state index contributed by atoms with van der Waals surface area (Å²) in [6.45, 7) is 1.77. The van der Waals surface area contributed by atoms with Crippen molar-refractivity contribution in [1.82, 2.24) is 10.3 Å². The predicted octanol–water partition coefficient (Wildman–Crippen LogP) is 1.43. The fourth-order valence-electron chi connectivity index (χ4n) is 2.18. The highest BCUT2D eigenvalue weighted by atomic mass is 32.1. The summed E-state index contributed by atoms with van der Waals surface area (Å²) in [5, 5.41) is 11.8. The van der Waals surface area contributed by atoms with Gasteiger partial charge in [0.25, 0.3) is 5.91 Å². The van der Waals surface area contributed by atoms with Gasteiger partial charge in [0.1, 0.15) is 4.88 Å². The van der Waals surface area contributed by atoms with E-state index in [0.29, 0.717) is 17.0 Å². The minimum atomic E-state index is -0.825. The van der Waals surface area contributed by atoms with E-state index in [1.54, 1.807) is 12.4 Å². The lowest BCUT2D eigenvalue weighted by molar-refractivity contribution is -0.142. The third-order valence-electron chi connectivity index (χ3n) is 3.10. The molecule has 0 spiro atoms. The molecular weight excluding hydrogens is 240 g/mol. The topological polar surface area (TPSA) is 79.3 Å². The first-order valence-electron chi connectivity index (χ1n) is 5.53. The van der Waals surface area contributed by atoms with Crippen LogP contribution in [0.15, 0.2) is 5.51 Å². The molecule has 1 aliphatic rings. The molecule has 1 aromatic heterocycles. The molecule has 2 N–H and O–H groups in total. The Hall–Kier alpha value is -1.43. The fourth-order valence-corrected chi connectivity index (χ4v) is 2.89. The average molecular weight is 254 g/mol. The van der Waals surface area contributed by atoms with Crippen molar-refractivity contribution in [2.75, 3.05) is 0 Å². The first-order chi connectivity index (χ1) is 8.09. The van der Waals surface area contributed by atoms with Gasteiger partial charge in [0.2, 0.25) is 0 Å². The SMILES string of the molecule is Cc1ncsc1C(=O)N[C@@H]1CCC[C@@H]1C(=O)O. The molecule has 0 saturated heterocycles. The van der Waals surface area contributed by atoms with Crippen molar-refractivity contribution in [3.05, 3.63) is 16.1 Å². The maximum absolute atomic E-state index is 11.9. The van der Waals surface area contributed by atoms with E-state index >= 15 is 0 Å². The van der Waals surface area contributed by atoms with E-state index in [0.717, 1.165) is 12.8 Å². The number of aromatic nitrogens is 1. The average Bonchev–Trinajstić information content (AvgIpc) is 2.86. The summed E-state index contributed by atoms with van der Waals surface area (Å²) in [5.74, 6) is -1.48. The van der Waals surface area contributed by atoms with Crippen LogP contribution < -0.4 is 5.32 Å². The van der Waals surface area contributed by atoms with Gasteiger partial charge < -0.3 is 10.4 Å². The molecule has 1 aromatic rings. The molecule has 1 fully saturated rings. The highest BCUT2D eigenvalue weighted by Crippen LogP contribution is 2.26. The molecule has 0 aromatic carbocycles. The second-order valence-corrected chi connectivity index (χ2v) is 5.08. The maximum Gasteiger partial charge on any atom is 0.308 e. The van der Waals surface area contributed by atoms with Crippen LogP contribution >= 0.6 is 11.3 Å². The lowest BCUT2D eigenvalue weighted by atomic mass is 10.0. The van der Waals surface area contributed by atoms with Crippen LogP contribution in [0.2, 0.25) is 0 Å². The lowest BCUT2D eigenvalue weighted by Crippen LogP contribution is -2.40. The van der Waals surface area contributed by atoms with E-state index in [1.165, 1.54) is 11.3 Å². The molecule has 92 valence electrons. The molecule has 2 rings (SSSR count). The van der Waals surface area contributed by atoms with Crippen LogP contribution in [0.3, 0.4) is 0 Å². The van der Waals surface area contributed by atoms with E-state index in [4.69, 9.17) is 5.11 Å². The Bertz CT molecular complexity index is 444. The molecule has 1 amide bonds. The third kappa shape index (κ3) is 2.46. The second kappa shape index (κ2) is 4.83. The summed E-state index contributed by atoms with van der Waals surface area (Å²) in [4.78, 5) is 27.5. The number of amides is 1. The summed E-state index contributed by atoms with van der Waals surface area (Å²) in [6.07, 6.45) is 2.23. The Morgan fingerprint density at radius 3 is 2.88 bits per heavy atom. The molecule has 5 nitrogen and oxygen atoms in total. The Morgan fingerprint density at radius 2 is 2.29 bits per heavy atom. The number of carboxylic acid groups (broad SMARTS) is 1. The zero-order valence-electron chi connectivity index (χ0n) is 9.47. The third-order valence-corrected chi connectivity index (χ3v) is 4.03. The first-order valence-corrected chi connectivity index (χ1v) is 6.41. The Labute approximate surface area is 103 Å². The number of nitrogens with one attached hydrogen (secondary N) is 1. The van der Waals surface area contributed by atoms with Crippen molar-refractivity contribution in [2.24, 2.45) is 5.92 Å². The number of carbonyl (C=O) groups is 2. The number of nitrogens with zero attached hydrogens (tertiary/aromatic N) is 1. The second-order valence-electron chi connectivity index (χ2n) is 4.22. The molecule has 1 aliphatic carbocycles. The molecule has 6 heteroatoms. The molecule has 17 heavy (non-hydrogen) atoms. The number of hydrogen-bond donors (Lipinski definition) is 2. The maximum atomic E-state index is 11.9. The monoisotopic (exact) mass is 254 g/mol. The van der Waals surface area contributed by atoms with Gasteiger partial charge in [-0.3, -0.25) is 9.59 Å². The van der Waals surface area contributed by atoms with Crippen molar-refractivity contribution in [1.29, 1.82) is 0 Å². The fraction of sp³-hybridized carbons (Fsp3) is 0.545. The zero-order valence-corrected chi connectivity index (χ0v) is 10.3. The van der Waals surface area contributed by atoms with Gasteiger partial charge in [-0.25, -0.2) is 4.98 Å². The molecule has 1 heterocycles. The molecular formula is C11H14N2O3S. The van der Waals surface area contributed by atoms with Crippen LogP contribution in [0.5, 0.6) is 0 Å². The van der Waals surface area contributed by atoms with Gasteiger partial charge in [0, 0.05) is 6.04 Å². The van der Waals surface area contributed by atoms with E-state index in [9.17, 15) is 9.59 Å². The Kier molecular flexibility index (Phi) is 3.42. The molecule has 2 atom stereocenters. The number of thiazole rings is 1. The summed E-state index contributed by atoms with van der Waals surface area (Å²) >= 11 is 1.28. The quantitative estimate of drug-likeness (QED) is 0.855. The number of rotatable bonds is 3. The van der Waals surface area contributed by atoms with Crippen molar-refractivity contribution in [2.45, 2.75) is 32.2 Å². The van der Waals surface area contributed by atoms with Crippen LogP contribution in [-0.2, 0) is 4.79 Å². The summed E-state index contributed by atoms with van der Waals surface area (Å²) in [7, 11) is 0. The van der Waals surface area contributed by atoms with Crippen LogP contribution in [0.25, 0.3) is 0 Å². The zero-order chi connectivity index (χ0) is 12.4. The van der Waals surface area contributed by atoms with Gasteiger partial charge in [0.15, 0.2) is 0 Å². The Morgan fingerprint density at radius 1 is 1.53 bits per heavy atom. The van der Waals surface area contributed by atoms with E-state index in [-0.39, 0.29) is 11.9 Å². The highest BCUT2D eigenvalue weighted by Gasteiger charge is 2.34. The van der Waals surface area contributed by atoms with Crippen LogP contribution in [0, 0.1) is 12.8 Å². The van der Waals surface area contributed by atoms with Crippen LogP contribution in [-0.4, -0.2) is 28.0 Å². The standard InChI is InChI=1S/C11H14N2O3S/c1-6-9(17-5-12-6)10(14)13-8-4-2-3-7(8)11(15)16/h5,7-8H,2-4H2,1H3,(H,13,14)(H,15,16)/t7-,8+/m0/s1. The smallest absolute Gasteiger partial charge is 0.308 e. The van der Waals surface area contributed by atoms with E-state index in [2.05, 4.69) is 10.3 Å². The first kappa shape index (κ1) is 12.0. The van der Waals surface area contributed by atoms with Crippen molar-refractivity contribution >= 4 is 23.2 Å². The van der Waals surface area contributed by atoms with Crippen LogP contribution in [0.4, 0.5) is 0 Å². The van der Waals surface area contributed by atoms with Crippen molar-refractivity contribution in [3.63, 3.8) is 0 Å². The van der Waals surface area contributed by atoms with Crippen molar-refractivity contribution in [3.8, 4) is 0 Å².